The number of nitrogens with zero attached hydrogens (tertiary/aromatic N) is 1. The molecule has 0 saturated carbocycles. The molecule has 9 heteroatoms. The predicted octanol–water partition coefficient (Wildman–Crippen LogP) is 4.41. The Bertz CT molecular complexity index is 1140. The minimum Gasteiger partial charge on any atom is -0.394 e. The molecule has 30 heavy (non-hydrogen) atoms. The number of fused-ring (bicyclic) bond motifs is 1. The summed E-state index contributed by atoms with van der Waals surface area (Å²) in [6.45, 7) is 1.48. The number of benzene rings is 2. The first-order valence-electron chi connectivity index (χ1n) is 9.02. The molecule has 2 N–H and O–H groups in total. The third-order valence-electron chi connectivity index (χ3n) is 4.71. The van der Waals surface area contributed by atoms with E-state index in [0.29, 0.717) is 16.3 Å². The topological polar surface area (TPSA) is 71.3 Å². The lowest BCUT2D eigenvalue weighted by Crippen LogP contribution is -2.25. The smallest absolute Gasteiger partial charge is 0.394 e. The van der Waals surface area contributed by atoms with Crippen LogP contribution in [-0.4, -0.2) is 22.2 Å². The Morgan fingerprint density at radius 2 is 1.80 bits per heavy atom. The fourth-order valence-corrected chi connectivity index (χ4v) is 3.27. The Morgan fingerprint density at radius 1 is 1.13 bits per heavy atom. The molecule has 1 heterocycles. The average Bonchev–Trinajstić information content (AvgIpc) is 2.69. The van der Waals surface area contributed by atoms with Crippen molar-refractivity contribution in [2.75, 3.05) is 11.9 Å². The molecule has 0 spiro atoms. The summed E-state index contributed by atoms with van der Waals surface area (Å²) in [7, 11) is 0. The number of halogens is 4. The van der Waals surface area contributed by atoms with Gasteiger partial charge in [0.25, 0.3) is 5.56 Å². The van der Waals surface area contributed by atoms with E-state index >= 15 is 0 Å². The number of nitrogens with one attached hydrogen (secondary N) is 1. The van der Waals surface area contributed by atoms with Gasteiger partial charge < -0.3 is 15.0 Å². The zero-order valence-corrected chi connectivity index (χ0v) is 16.6. The van der Waals surface area contributed by atoms with Crippen LogP contribution < -0.4 is 10.9 Å². The van der Waals surface area contributed by atoms with Crippen molar-refractivity contribution in [3.05, 3.63) is 75.2 Å². The van der Waals surface area contributed by atoms with E-state index in [9.17, 15) is 27.9 Å². The van der Waals surface area contributed by atoms with Gasteiger partial charge in [-0.15, -0.1) is 0 Å². The summed E-state index contributed by atoms with van der Waals surface area (Å²) in [5.74, 6) is -0.489. The minimum absolute atomic E-state index is 0.163. The van der Waals surface area contributed by atoms with Gasteiger partial charge in [-0.3, -0.25) is 9.59 Å². The third-order valence-corrected chi connectivity index (χ3v) is 5.03. The lowest BCUT2D eigenvalue weighted by atomic mass is 10.1. The first-order valence-corrected chi connectivity index (χ1v) is 9.40. The number of aliphatic hydroxyl groups is 1. The number of anilines is 1. The van der Waals surface area contributed by atoms with Crippen LogP contribution in [0.5, 0.6) is 0 Å². The zero-order chi connectivity index (χ0) is 22.1. The van der Waals surface area contributed by atoms with Crippen LogP contribution in [0.1, 0.15) is 24.1 Å². The predicted molar refractivity (Wildman–Crippen MR) is 109 cm³/mol. The largest absolute Gasteiger partial charge is 0.416 e. The summed E-state index contributed by atoms with van der Waals surface area (Å²) in [5.41, 5.74) is -0.496. The molecular weight excluding hydrogens is 421 g/mol. The van der Waals surface area contributed by atoms with E-state index < -0.39 is 23.7 Å². The molecule has 2 aromatic carbocycles. The summed E-state index contributed by atoms with van der Waals surface area (Å²) in [6.07, 6.45) is -3.10. The van der Waals surface area contributed by atoms with Gasteiger partial charge in [0.2, 0.25) is 5.91 Å². The molecule has 0 aliphatic carbocycles. The highest BCUT2D eigenvalue weighted by atomic mass is 35.5. The van der Waals surface area contributed by atoms with Gasteiger partial charge in [0, 0.05) is 17.0 Å². The lowest BCUT2D eigenvalue weighted by Gasteiger charge is -2.15. The van der Waals surface area contributed by atoms with Gasteiger partial charge in [0.15, 0.2) is 0 Å². The van der Waals surface area contributed by atoms with Crippen LogP contribution in [0.2, 0.25) is 5.02 Å². The normalized spacial score (nSPS) is 12.7. The first-order chi connectivity index (χ1) is 14.1. The number of hydrogen-bond acceptors (Lipinski definition) is 3. The van der Waals surface area contributed by atoms with Crippen molar-refractivity contribution in [2.24, 2.45) is 0 Å². The van der Waals surface area contributed by atoms with E-state index in [0.717, 1.165) is 12.1 Å². The van der Waals surface area contributed by atoms with Gasteiger partial charge in [0.1, 0.15) is 0 Å². The second-order valence-electron chi connectivity index (χ2n) is 6.86. The number of carbonyl (C=O) groups is 1. The van der Waals surface area contributed by atoms with E-state index in [1.807, 2.05) is 0 Å². The fraction of sp³-hybridized carbons (Fsp3) is 0.238. The molecule has 1 unspecified atom stereocenters. The second kappa shape index (κ2) is 8.49. The Morgan fingerprint density at radius 3 is 2.40 bits per heavy atom. The van der Waals surface area contributed by atoms with Gasteiger partial charge in [-0.1, -0.05) is 23.7 Å². The molecule has 0 saturated heterocycles. The highest BCUT2D eigenvalue weighted by Crippen LogP contribution is 2.31. The Kier molecular flexibility index (Phi) is 6.19. The first kappa shape index (κ1) is 21.9. The summed E-state index contributed by atoms with van der Waals surface area (Å²) >= 11 is 6.21. The van der Waals surface area contributed by atoms with Crippen molar-refractivity contribution in [3.8, 4) is 0 Å². The molecule has 5 nitrogen and oxygen atoms in total. The molecular formula is C21H18ClF3N2O3. The Labute approximate surface area is 174 Å². The van der Waals surface area contributed by atoms with Crippen LogP contribution in [-0.2, 0) is 17.4 Å². The number of rotatable bonds is 5. The SMILES string of the molecule is CC(CO)n1ccc2c(NC(=O)Cc3ccc(C(F)(F)F)cc3)c(Cl)ccc2c1=O. The number of pyridine rings is 1. The standard InChI is InChI=1S/C21H18ClF3N2O3/c1-12(11-28)27-9-8-15-16(20(27)30)6-7-17(22)19(15)26-18(29)10-13-2-4-14(5-3-13)21(23,24)25/h2-9,12,28H,10-11H2,1H3,(H,26,29). The molecule has 158 valence electrons. The number of aliphatic hydroxyl groups excluding tert-OH is 1. The van der Waals surface area contributed by atoms with Gasteiger partial charge in [-0.2, -0.15) is 13.2 Å². The van der Waals surface area contributed by atoms with Crippen LogP contribution >= 0.6 is 11.6 Å². The number of amides is 1. The highest BCUT2D eigenvalue weighted by molar-refractivity contribution is 6.35. The van der Waals surface area contributed by atoms with Crippen molar-refractivity contribution in [1.29, 1.82) is 0 Å². The Balaban J connectivity index is 1.88. The van der Waals surface area contributed by atoms with Crippen LogP contribution in [0.25, 0.3) is 10.8 Å². The quantitative estimate of drug-likeness (QED) is 0.620. The lowest BCUT2D eigenvalue weighted by molar-refractivity contribution is -0.137. The molecule has 0 fully saturated rings. The van der Waals surface area contributed by atoms with Gasteiger partial charge in [0.05, 0.1) is 35.3 Å². The van der Waals surface area contributed by atoms with Crippen molar-refractivity contribution in [3.63, 3.8) is 0 Å². The number of carbonyl (C=O) groups excluding carboxylic acids is 1. The number of aromatic nitrogens is 1. The molecule has 0 bridgehead atoms. The fourth-order valence-electron chi connectivity index (χ4n) is 3.06. The van der Waals surface area contributed by atoms with Gasteiger partial charge in [-0.25, -0.2) is 0 Å². The number of hydrogen-bond donors (Lipinski definition) is 2. The van der Waals surface area contributed by atoms with Crippen molar-refractivity contribution < 1.29 is 23.1 Å². The molecule has 3 rings (SSSR count). The maximum absolute atomic E-state index is 12.7. The van der Waals surface area contributed by atoms with E-state index in [1.54, 1.807) is 13.0 Å². The summed E-state index contributed by atoms with van der Waals surface area (Å²) < 4.78 is 39.4. The minimum atomic E-state index is -4.45. The van der Waals surface area contributed by atoms with E-state index in [-0.39, 0.29) is 29.3 Å². The van der Waals surface area contributed by atoms with Crippen molar-refractivity contribution in [1.82, 2.24) is 4.57 Å². The maximum Gasteiger partial charge on any atom is 0.416 e. The highest BCUT2D eigenvalue weighted by Gasteiger charge is 2.30. The Hall–Kier alpha value is -2.84. The summed E-state index contributed by atoms with van der Waals surface area (Å²) in [6, 6.07) is 8.51. The molecule has 0 aliphatic heterocycles. The van der Waals surface area contributed by atoms with Crippen molar-refractivity contribution >= 4 is 34.0 Å². The summed E-state index contributed by atoms with van der Waals surface area (Å²) in [4.78, 5) is 25.1. The molecule has 1 atom stereocenters. The average molecular weight is 439 g/mol. The van der Waals surface area contributed by atoms with E-state index in [2.05, 4.69) is 5.32 Å². The molecule has 0 aliphatic rings. The third kappa shape index (κ3) is 4.49. The van der Waals surface area contributed by atoms with Crippen LogP contribution in [0, 0.1) is 0 Å². The van der Waals surface area contributed by atoms with E-state index in [1.165, 1.54) is 35.0 Å². The number of alkyl halides is 3. The van der Waals surface area contributed by atoms with Crippen molar-refractivity contribution in [2.45, 2.75) is 25.6 Å². The van der Waals surface area contributed by atoms with Gasteiger partial charge >= 0.3 is 6.18 Å². The monoisotopic (exact) mass is 438 g/mol. The maximum atomic E-state index is 12.7. The molecule has 1 aromatic heterocycles. The van der Waals surface area contributed by atoms with Crippen LogP contribution in [0.3, 0.4) is 0 Å². The van der Waals surface area contributed by atoms with E-state index in [4.69, 9.17) is 11.6 Å². The van der Waals surface area contributed by atoms with Crippen LogP contribution in [0.4, 0.5) is 18.9 Å². The second-order valence-corrected chi connectivity index (χ2v) is 7.27. The van der Waals surface area contributed by atoms with Gasteiger partial charge in [-0.05, 0) is 42.8 Å². The zero-order valence-electron chi connectivity index (χ0n) is 15.8. The molecule has 0 radical (unpaired) electrons. The summed E-state index contributed by atoms with van der Waals surface area (Å²) in [5, 5.41) is 12.9. The van der Waals surface area contributed by atoms with Crippen LogP contribution in [0.15, 0.2) is 53.5 Å². The molecule has 1 amide bonds. The molecule has 3 aromatic rings.